The minimum absolute atomic E-state index is 0.170. The van der Waals surface area contributed by atoms with Crippen molar-refractivity contribution in [1.82, 2.24) is 4.31 Å². The van der Waals surface area contributed by atoms with Crippen LogP contribution in [0.5, 0.6) is 0 Å². The molecule has 0 N–H and O–H groups in total. The Bertz CT molecular complexity index is 1300. The second-order valence-corrected chi connectivity index (χ2v) is 12.2. The normalized spacial score (nSPS) is 16.1. The molecule has 10 heteroatoms. The Balaban J connectivity index is 1.65. The van der Waals surface area contributed by atoms with Gasteiger partial charge in [-0.25, -0.2) is 16.8 Å². The Hall–Kier alpha value is -2.43. The molecule has 0 fully saturated rings. The molecule has 0 saturated heterocycles. The maximum atomic E-state index is 13.4. The van der Waals surface area contributed by atoms with E-state index in [-0.39, 0.29) is 10.8 Å². The maximum Gasteiger partial charge on any atom is 0.258 e. The molecule has 0 aromatic heterocycles. The largest absolute Gasteiger partial charge is 0.308 e. The summed E-state index contributed by atoms with van der Waals surface area (Å²) in [5, 5.41) is 0. The van der Waals surface area contributed by atoms with E-state index in [9.17, 15) is 21.6 Å². The molecule has 33 heavy (non-hydrogen) atoms. The average Bonchev–Trinajstić information content (AvgIpc) is 3.22. The molecule has 2 heterocycles. The van der Waals surface area contributed by atoms with Crippen LogP contribution in [0.25, 0.3) is 0 Å². The van der Waals surface area contributed by atoms with Crippen molar-refractivity contribution in [3.05, 3.63) is 53.1 Å². The molecular formula is C23H29N3O5S2. The molecule has 1 amide bonds. The van der Waals surface area contributed by atoms with Crippen molar-refractivity contribution in [3.8, 4) is 0 Å². The second kappa shape index (κ2) is 8.73. The van der Waals surface area contributed by atoms with Gasteiger partial charge in [0.05, 0.1) is 16.8 Å². The summed E-state index contributed by atoms with van der Waals surface area (Å²) < 4.78 is 52.6. The Morgan fingerprint density at radius 2 is 1.58 bits per heavy atom. The standard InChI is InChI=1S/C23H29N3O5S2/c1-4-24(5-2)33(30,31)20-9-11-21-17(16-20)7-6-13-25(21)23(27)19-8-10-22-18(15-19)12-14-26(22)32(3,28)29/h8-11,15-16H,4-7,12-14H2,1-3H3. The van der Waals surface area contributed by atoms with Gasteiger partial charge in [0.2, 0.25) is 20.0 Å². The molecule has 0 aliphatic carbocycles. The first-order valence-corrected chi connectivity index (χ1v) is 14.4. The zero-order valence-corrected chi connectivity index (χ0v) is 20.7. The molecule has 0 radical (unpaired) electrons. The third-order valence-corrected chi connectivity index (χ3v) is 9.56. The summed E-state index contributed by atoms with van der Waals surface area (Å²) >= 11 is 0. The number of carbonyl (C=O) groups is 1. The van der Waals surface area contributed by atoms with Gasteiger partial charge in [-0.05, 0) is 66.8 Å². The van der Waals surface area contributed by atoms with Gasteiger partial charge in [-0.15, -0.1) is 0 Å². The monoisotopic (exact) mass is 491 g/mol. The van der Waals surface area contributed by atoms with Gasteiger partial charge >= 0.3 is 0 Å². The highest BCUT2D eigenvalue weighted by atomic mass is 32.2. The van der Waals surface area contributed by atoms with Crippen LogP contribution in [-0.4, -0.2) is 59.5 Å². The molecule has 2 aliphatic rings. The number of rotatable bonds is 6. The molecule has 2 aliphatic heterocycles. The zero-order chi connectivity index (χ0) is 24.0. The van der Waals surface area contributed by atoms with Gasteiger partial charge in [0, 0.05) is 37.4 Å². The van der Waals surface area contributed by atoms with Gasteiger partial charge in [0.1, 0.15) is 0 Å². The number of nitrogens with zero attached hydrogens (tertiary/aromatic N) is 3. The van der Waals surface area contributed by atoms with Gasteiger partial charge in [-0.3, -0.25) is 9.10 Å². The summed E-state index contributed by atoms with van der Waals surface area (Å²) in [6.45, 7) is 5.34. The van der Waals surface area contributed by atoms with Crippen molar-refractivity contribution in [2.45, 2.75) is 38.0 Å². The first kappa shape index (κ1) is 23.7. The van der Waals surface area contributed by atoms with Crippen molar-refractivity contribution < 1.29 is 21.6 Å². The molecule has 2 aromatic rings. The Labute approximate surface area is 195 Å². The number of sulfonamides is 2. The van der Waals surface area contributed by atoms with Crippen LogP contribution in [0.1, 0.15) is 41.8 Å². The quantitative estimate of drug-likeness (QED) is 0.619. The van der Waals surface area contributed by atoms with E-state index in [4.69, 9.17) is 0 Å². The smallest absolute Gasteiger partial charge is 0.258 e. The summed E-state index contributed by atoms with van der Waals surface area (Å²) in [6.07, 6.45) is 3.18. The number of benzene rings is 2. The minimum Gasteiger partial charge on any atom is -0.308 e. The van der Waals surface area contributed by atoms with Crippen molar-refractivity contribution in [2.75, 3.05) is 41.6 Å². The zero-order valence-electron chi connectivity index (χ0n) is 19.1. The van der Waals surface area contributed by atoms with Gasteiger partial charge in [-0.2, -0.15) is 4.31 Å². The third-order valence-electron chi connectivity index (χ3n) is 6.34. The predicted molar refractivity (Wildman–Crippen MR) is 129 cm³/mol. The molecule has 2 aromatic carbocycles. The summed E-state index contributed by atoms with van der Waals surface area (Å²) in [6, 6.07) is 10.1. The lowest BCUT2D eigenvalue weighted by molar-refractivity contribution is 0.0985. The number of amides is 1. The fourth-order valence-electron chi connectivity index (χ4n) is 4.66. The number of anilines is 2. The van der Waals surface area contributed by atoms with E-state index in [0.29, 0.717) is 50.3 Å². The van der Waals surface area contributed by atoms with Crippen LogP contribution >= 0.6 is 0 Å². The summed E-state index contributed by atoms with van der Waals surface area (Å²) in [5.74, 6) is -0.170. The number of hydrogen-bond donors (Lipinski definition) is 0. The highest BCUT2D eigenvalue weighted by molar-refractivity contribution is 7.92. The van der Waals surface area contributed by atoms with E-state index in [1.165, 1.54) is 14.9 Å². The lowest BCUT2D eigenvalue weighted by Crippen LogP contribution is -2.36. The van der Waals surface area contributed by atoms with Crippen LogP contribution in [0.3, 0.4) is 0 Å². The van der Waals surface area contributed by atoms with Crippen LogP contribution in [-0.2, 0) is 32.9 Å². The van der Waals surface area contributed by atoms with Crippen LogP contribution in [0.2, 0.25) is 0 Å². The molecule has 0 spiro atoms. The third kappa shape index (κ3) is 4.27. The molecular weight excluding hydrogens is 462 g/mol. The van der Waals surface area contributed by atoms with Crippen LogP contribution < -0.4 is 9.21 Å². The van der Waals surface area contributed by atoms with Gasteiger partial charge < -0.3 is 4.90 Å². The second-order valence-electron chi connectivity index (χ2n) is 8.37. The van der Waals surface area contributed by atoms with Crippen LogP contribution in [0, 0.1) is 0 Å². The van der Waals surface area contributed by atoms with Gasteiger partial charge in [0.25, 0.3) is 5.91 Å². The molecule has 0 bridgehead atoms. The van der Waals surface area contributed by atoms with E-state index < -0.39 is 20.0 Å². The molecule has 0 saturated carbocycles. The van der Waals surface area contributed by atoms with E-state index in [0.717, 1.165) is 23.2 Å². The van der Waals surface area contributed by atoms with Crippen molar-refractivity contribution >= 4 is 37.3 Å². The highest BCUT2D eigenvalue weighted by Gasteiger charge is 2.30. The highest BCUT2D eigenvalue weighted by Crippen LogP contribution is 2.34. The lowest BCUT2D eigenvalue weighted by Gasteiger charge is -2.30. The van der Waals surface area contributed by atoms with Crippen LogP contribution in [0.4, 0.5) is 11.4 Å². The van der Waals surface area contributed by atoms with Gasteiger partial charge in [-0.1, -0.05) is 13.8 Å². The Morgan fingerprint density at radius 3 is 2.24 bits per heavy atom. The van der Waals surface area contributed by atoms with E-state index in [2.05, 4.69) is 0 Å². The fourth-order valence-corrected chi connectivity index (χ4v) is 7.13. The summed E-state index contributed by atoms with van der Waals surface area (Å²) in [7, 11) is -6.92. The fraction of sp³-hybridized carbons (Fsp3) is 0.435. The first-order chi connectivity index (χ1) is 15.6. The maximum absolute atomic E-state index is 13.4. The first-order valence-electron chi connectivity index (χ1n) is 11.1. The molecule has 0 unspecified atom stereocenters. The predicted octanol–water partition coefficient (Wildman–Crippen LogP) is 2.63. The van der Waals surface area contributed by atoms with Crippen molar-refractivity contribution in [3.63, 3.8) is 0 Å². The molecule has 4 rings (SSSR count). The lowest BCUT2D eigenvalue weighted by atomic mass is 10.00. The molecule has 8 nitrogen and oxygen atoms in total. The molecule has 178 valence electrons. The number of carbonyl (C=O) groups excluding carboxylic acids is 1. The Morgan fingerprint density at radius 1 is 0.909 bits per heavy atom. The topological polar surface area (TPSA) is 95.1 Å². The average molecular weight is 492 g/mol. The van der Waals surface area contributed by atoms with Gasteiger partial charge in [0.15, 0.2) is 0 Å². The summed E-state index contributed by atoms with van der Waals surface area (Å²) in [5.41, 5.74) is 3.52. The number of aryl methyl sites for hydroxylation is 1. The van der Waals surface area contributed by atoms with Crippen LogP contribution in [0.15, 0.2) is 41.3 Å². The SMILES string of the molecule is CCN(CC)S(=O)(=O)c1ccc2c(c1)CCCN2C(=O)c1ccc2c(c1)CCN2S(C)(=O)=O. The molecule has 0 atom stereocenters. The van der Waals surface area contributed by atoms with E-state index in [1.54, 1.807) is 41.3 Å². The van der Waals surface area contributed by atoms with Crippen molar-refractivity contribution in [1.29, 1.82) is 0 Å². The van der Waals surface area contributed by atoms with E-state index >= 15 is 0 Å². The number of fused-ring (bicyclic) bond motifs is 2. The van der Waals surface area contributed by atoms with E-state index in [1.807, 2.05) is 13.8 Å². The Kier molecular flexibility index (Phi) is 6.28. The number of hydrogen-bond acceptors (Lipinski definition) is 5. The minimum atomic E-state index is -3.57. The summed E-state index contributed by atoms with van der Waals surface area (Å²) in [4.78, 5) is 15.3. The van der Waals surface area contributed by atoms with Crippen molar-refractivity contribution in [2.24, 2.45) is 0 Å².